The van der Waals surface area contributed by atoms with Crippen molar-refractivity contribution in [1.29, 1.82) is 0 Å². The van der Waals surface area contributed by atoms with Crippen molar-refractivity contribution in [3.63, 3.8) is 0 Å². The maximum Gasteiger partial charge on any atom is 0.146 e. The van der Waals surface area contributed by atoms with Gasteiger partial charge in [0.2, 0.25) is 0 Å². The fraction of sp³-hybridized carbons (Fsp3) is 0.294. The first kappa shape index (κ1) is 15.8. The normalized spacial score (nSPS) is 10.7. The lowest BCUT2D eigenvalue weighted by molar-refractivity contribution is 0.625. The molecule has 4 heteroatoms. The van der Waals surface area contributed by atoms with Crippen LogP contribution in [-0.2, 0) is 6.54 Å². The molecular formula is C17H20ClFN2. The molecule has 0 spiro atoms. The van der Waals surface area contributed by atoms with Crippen molar-refractivity contribution in [2.24, 2.45) is 0 Å². The van der Waals surface area contributed by atoms with E-state index in [0.29, 0.717) is 23.8 Å². The van der Waals surface area contributed by atoms with Gasteiger partial charge >= 0.3 is 0 Å². The topological polar surface area (TPSA) is 15.3 Å². The first-order chi connectivity index (χ1) is 10.2. The summed E-state index contributed by atoms with van der Waals surface area (Å²) >= 11 is 6.33. The fourth-order valence-electron chi connectivity index (χ4n) is 2.37. The lowest BCUT2D eigenvalue weighted by Gasteiger charge is -2.27. The molecule has 2 aromatic rings. The summed E-state index contributed by atoms with van der Waals surface area (Å²) in [6.07, 6.45) is 0. The number of para-hydroxylation sites is 1. The van der Waals surface area contributed by atoms with E-state index < -0.39 is 0 Å². The summed E-state index contributed by atoms with van der Waals surface area (Å²) in [5.41, 5.74) is 2.50. The third-order valence-corrected chi connectivity index (χ3v) is 3.75. The minimum Gasteiger partial charge on any atom is -0.339 e. The highest BCUT2D eigenvalue weighted by atomic mass is 35.5. The van der Waals surface area contributed by atoms with Crippen LogP contribution in [0.5, 0.6) is 0 Å². The van der Waals surface area contributed by atoms with Gasteiger partial charge in [0.15, 0.2) is 0 Å². The van der Waals surface area contributed by atoms with E-state index in [1.807, 2.05) is 43.0 Å². The number of rotatable bonds is 6. The van der Waals surface area contributed by atoms with Crippen LogP contribution >= 0.6 is 11.6 Å². The van der Waals surface area contributed by atoms with Gasteiger partial charge in [0.05, 0.1) is 5.69 Å². The van der Waals surface area contributed by atoms with Gasteiger partial charge < -0.3 is 10.2 Å². The van der Waals surface area contributed by atoms with Gasteiger partial charge in [-0.05, 0) is 37.7 Å². The largest absolute Gasteiger partial charge is 0.339 e. The summed E-state index contributed by atoms with van der Waals surface area (Å²) in [7, 11) is 0. The Morgan fingerprint density at radius 3 is 2.43 bits per heavy atom. The van der Waals surface area contributed by atoms with Crippen molar-refractivity contribution >= 4 is 23.0 Å². The molecule has 0 saturated carbocycles. The zero-order valence-corrected chi connectivity index (χ0v) is 13.1. The van der Waals surface area contributed by atoms with Crippen molar-refractivity contribution in [1.82, 2.24) is 5.32 Å². The molecule has 0 heterocycles. The number of anilines is 2. The van der Waals surface area contributed by atoms with Crippen LogP contribution in [0.2, 0.25) is 5.02 Å². The molecule has 0 atom stereocenters. The molecule has 0 amide bonds. The molecular weight excluding hydrogens is 287 g/mol. The van der Waals surface area contributed by atoms with Crippen LogP contribution in [0.3, 0.4) is 0 Å². The third-order valence-electron chi connectivity index (χ3n) is 3.40. The highest BCUT2D eigenvalue weighted by Gasteiger charge is 2.16. The molecule has 0 saturated heterocycles. The molecule has 0 aliphatic rings. The minimum absolute atomic E-state index is 0.228. The van der Waals surface area contributed by atoms with Crippen molar-refractivity contribution in [2.75, 3.05) is 18.0 Å². The van der Waals surface area contributed by atoms with Gasteiger partial charge in [0, 0.05) is 29.4 Å². The molecule has 21 heavy (non-hydrogen) atoms. The minimum atomic E-state index is -0.228. The first-order valence-corrected chi connectivity index (χ1v) is 7.57. The van der Waals surface area contributed by atoms with E-state index in [9.17, 15) is 4.39 Å². The van der Waals surface area contributed by atoms with Crippen LogP contribution in [0.1, 0.15) is 19.4 Å². The lowest BCUT2D eigenvalue weighted by atomic mass is 10.1. The number of nitrogens with one attached hydrogen (secondary N) is 1. The Morgan fingerprint density at radius 2 is 1.76 bits per heavy atom. The first-order valence-electron chi connectivity index (χ1n) is 7.19. The Bertz CT molecular complexity index is 601. The van der Waals surface area contributed by atoms with E-state index in [1.54, 1.807) is 12.1 Å². The second-order valence-corrected chi connectivity index (χ2v) is 5.12. The third kappa shape index (κ3) is 3.55. The molecule has 2 aromatic carbocycles. The number of nitrogens with zero attached hydrogens (tertiary/aromatic N) is 1. The summed E-state index contributed by atoms with van der Waals surface area (Å²) in [5, 5.41) is 3.98. The Hall–Kier alpha value is -1.58. The zero-order chi connectivity index (χ0) is 15.2. The highest BCUT2D eigenvalue weighted by molar-refractivity contribution is 6.31. The van der Waals surface area contributed by atoms with Crippen molar-refractivity contribution in [3.8, 4) is 0 Å². The summed E-state index contributed by atoms with van der Waals surface area (Å²) in [6.45, 7) is 6.24. The Balaban J connectivity index is 2.47. The predicted molar refractivity (Wildman–Crippen MR) is 87.9 cm³/mol. The average Bonchev–Trinajstić information content (AvgIpc) is 2.49. The van der Waals surface area contributed by atoms with Crippen LogP contribution in [-0.4, -0.2) is 13.1 Å². The van der Waals surface area contributed by atoms with Crippen molar-refractivity contribution < 1.29 is 4.39 Å². The molecule has 0 bridgehead atoms. The van der Waals surface area contributed by atoms with E-state index in [1.165, 1.54) is 6.07 Å². The van der Waals surface area contributed by atoms with Crippen molar-refractivity contribution in [3.05, 3.63) is 58.9 Å². The molecule has 0 aliphatic heterocycles. The Labute approximate surface area is 130 Å². The fourth-order valence-corrected chi connectivity index (χ4v) is 2.60. The van der Waals surface area contributed by atoms with Gasteiger partial charge in [0.25, 0.3) is 0 Å². The van der Waals surface area contributed by atoms with Gasteiger partial charge in [-0.15, -0.1) is 0 Å². The molecule has 0 fully saturated rings. The average molecular weight is 307 g/mol. The monoisotopic (exact) mass is 306 g/mol. The quantitative estimate of drug-likeness (QED) is 0.828. The van der Waals surface area contributed by atoms with E-state index in [-0.39, 0.29) is 5.82 Å². The van der Waals surface area contributed by atoms with Gasteiger partial charge in [-0.2, -0.15) is 0 Å². The van der Waals surface area contributed by atoms with Gasteiger partial charge in [-0.3, -0.25) is 0 Å². The number of hydrogen-bond acceptors (Lipinski definition) is 2. The molecule has 1 N–H and O–H groups in total. The number of halogens is 2. The zero-order valence-electron chi connectivity index (χ0n) is 12.4. The van der Waals surface area contributed by atoms with E-state index in [0.717, 1.165) is 17.8 Å². The highest BCUT2D eigenvalue weighted by Crippen LogP contribution is 2.33. The Morgan fingerprint density at radius 1 is 1.05 bits per heavy atom. The van der Waals surface area contributed by atoms with Crippen LogP contribution in [0.15, 0.2) is 42.5 Å². The van der Waals surface area contributed by atoms with Crippen LogP contribution in [0.4, 0.5) is 15.8 Å². The van der Waals surface area contributed by atoms with Gasteiger partial charge in [-0.1, -0.05) is 36.7 Å². The van der Waals surface area contributed by atoms with E-state index >= 15 is 0 Å². The standard InChI is InChI=1S/C17H20ClFN2/c1-3-20-12-13-14(18)8-7-11-16(13)21(4-2)17-10-6-5-9-15(17)19/h5-11,20H,3-4,12H2,1-2H3. The molecule has 2 rings (SSSR count). The van der Waals surface area contributed by atoms with Gasteiger partial charge in [0.1, 0.15) is 5.82 Å². The Kier molecular flexibility index (Phi) is 5.59. The van der Waals surface area contributed by atoms with E-state index in [2.05, 4.69) is 5.32 Å². The maximum atomic E-state index is 14.1. The predicted octanol–water partition coefficient (Wildman–Crippen LogP) is 4.75. The molecule has 0 aliphatic carbocycles. The molecule has 2 nitrogen and oxygen atoms in total. The van der Waals surface area contributed by atoms with Gasteiger partial charge in [-0.25, -0.2) is 4.39 Å². The summed E-state index contributed by atoms with van der Waals surface area (Å²) in [4.78, 5) is 1.95. The molecule has 0 unspecified atom stereocenters. The van der Waals surface area contributed by atoms with Crippen LogP contribution < -0.4 is 10.2 Å². The molecule has 0 aromatic heterocycles. The van der Waals surface area contributed by atoms with Crippen LogP contribution in [0.25, 0.3) is 0 Å². The smallest absolute Gasteiger partial charge is 0.146 e. The van der Waals surface area contributed by atoms with Crippen LogP contribution in [0, 0.1) is 5.82 Å². The SMILES string of the molecule is CCNCc1c(Cl)cccc1N(CC)c1ccccc1F. The summed E-state index contributed by atoms with van der Waals surface area (Å²) in [6, 6.07) is 12.6. The maximum absolute atomic E-state index is 14.1. The summed E-state index contributed by atoms with van der Waals surface area (Å²) in [5.74, 6) is -0.228. The number of benzene rings is 2. The van der Waals surface area contributed by atoms with Crippen molar-refractivity contribution in [2.45, 2.75) is 20.4 Å². The number of hydrogen-bond donors (Lipinski definition) is 1. The molecule has 112 valence electrons. The summed E-state index contributed by atoms with van der Waals surface area (Å²) < 4.78 is 14.1. The lowest BCUT2D eigenvalue weighted by Crippen LogP contribution is -2.21. The molecule has 0 radical (unpaired) electrons. The van der Waals surface area contributed by atoms with E-state index in [4.69, 9.17) is 11.6 Å². The second-order valence-electron chi connectivity index (χ2n) is 4.71. The second kappa shape index (κ2) is 7.43.